The molecule has 3 rings (SSSR count). The van der Waals surface area contributed by atoms with Gasteiger partial charge in [0.1, 0.15) is 11.5 Å². The highest BCUT2D eigenvalue weighted by Crippen LogP contribution is 2.29. The van der Waals surface area contributed by atoms with Gasteiger partial charge in [-0.05, 0) is 50.5 Å². The number of hydrogen-bond donors (Lipinski definition) is 2. The molecule has 0 bridgehead atoms. The lowest BCUT2D eigenvalue weighted by atomic mass is 10.0. The van der Waals surface area contributed by atoms with Crippen LogP contribution < -0.4 is 20.1 Å². The molecule has 6 nitrogen and oxygen atoms in total. The van der Waals surface area contributed by atoms with Gasteiger partial charge in [-0.2, -0.15) is 0 Å². The second-order valence-electron chi connectivity index (χ2n) is 7.99. The summed E-state index contributed by atoms with van der Waals surface area (Å²) in [6, 6.07) is 14.1. The average molecular weight is 448 g/mol. The van der Waals surface area contributed by atoms with Crippen molar-refractivity contribution < 1.29 is 14.3 Å². The van der Waals surface area contributed by atoms with Crippen molar-refractivity contribution in [1.82, 2.24) is 15.5 Å². The quantitative estimate of drug-likeness (QED) is 0.657. The first kappa shape index (κ1) is 24.8. The summed E-state index contributed by atoms with van der Waals surface area (Å²) in [6.45, 7) is 7.01. The van der Waals surface area contributed by atoms with Crippen LogP contribution in [0.3, 0.4) is 0 Å². The van der Waals surface area contributed by atoms with E-state index in [2.05, 4.69) is 46.7 Å². The summed E-state index contributed by atoms with van der Waals surface area (Å²) >= 11 is 0. The summed E-state index contributed by atoms with van der Waals surface area (Å²) in [4.78, 5) is 15.0. The maximum atomic E-state index is 12.6. The predicted molar refractivity (Wildman–Crippen MR) is 126 cm³/mol. The molecule has 170 valence electrons. The number of methoxy groups -OCH3 is 2. The number of rotatable bonds is 7. The highest BCUT2D eigenvalue weighted by Gasteiger charge is 2.22. The number of carbonyl (C=O) groups excluding carboxylic acids is 1. The number of nitrogens with one attached hydrogen (secondary N) is 2. The molecule has 0 saturated carbocycles. The van der Waals surface area contributed by atoms with Gasteiger partial charge >= 0.3 is 6.03 Å². The van der Waals surface area contributed by atoms with E-state index in [-0.39, 0.29) is 30.5 Å². The van der Waals surface area contributed by atoms with Crippen LogP contribution in [-0.4, -0.2) is 44.3 Å². The SMILES string of the molecule is COc1ccc(OC)c(C(C)NC(=O)NC2CCN(Cc3cccc(C)c3)CC2)c1.Cl. The Morgan fingerprint density at radius 2 is 1.87 bits per heavy atom. The Kier molecular flexibility index (Phi) is 9.46. The predicted octanol–water partition coefficient (Wildman–Crippen LogP) is 4.46. The van der Waals surface area contributed by atoms with Crippen molar-refractivity contribution in [3.63, 3.8) is 0 Å². The standard InChI is InChI=1S/C24H33N3O3.ClH/c1-17-6-5-7-19(14-17)16-27-12-10-20(11-13-27)26-24(28)25-18(2)22-15-21(29-3)8-9-23(22)30-4;/h5-9,14-15,18,20H,10-13,16H2,1-4H3,(H2,25,26,28);1H. The second kappa shape index (κ2) is 11.8. The first-order valence-corrected chi connectivity index (χ1v) is 10.6. The Bertz CT molecular complexity index is 854. The van der Waals surface area contributed by atoms with Crippen molar-refractivity contribution in [3.8, 4) is 11.5 Å². The van der Waals surface area contributed by atoms with E-state index in [0.717, 1.165) is 49.5 Å². The fourth-order valence-corrected chi connectivity index (χ4v) is 3.98. The van der Waals surface area contributed by atoms with Gasteiger partial charge in [0.2, 0.25) is 0 Å². The molecular weight excluding hydrogens is 414 g/mol. The molecule has 1 heterocycles. The van der Waals surface area contributed by atoms with E-state index in [1.807, 2.05) is 25.1 Å². The van der Waals surface area contributed by atoms with Gasteiger partial charge < -0.3 is 20.1 Å². The van der Waals surface area contributed by atoms with E-state index < -0.39 is 0 Å². The number of benzene rings is 2. The van der Waals surface area contributed by atoms with Crippen LogP contribution >= 0.6 is 12.4 Å². The number of carbonyl (C=O) groups is 1. The fourth-order valence-electron chi connectivity index (χ4n) is 3.98. The second-order valence-corrected chi connectivity index (χ2v) is 7.99. The normalized spacial score (nSPS) is 15.5. The first-order valence-electron chi connectivity index (χ1n) is 10.6. The molecule has 0 aliphatic carbocycles. The van der Waals surface area contributed by atoms with Crippen LogP contribution in [0, 0.1) is 6.92 Å². The number of piperidine rings is 1. The Labute approximate surface area is 191 Å². The minimum Gasteiger partial charge on any atom is -0.497 e. The van der Waals surface area contributed by atoms with E-state index in [1.54, 1.807) is 14.2 Å². The smallest absolute Gasteiger partial charge is 0.315 e. The van der Waals surface area contributed by atoms with Gasteiger partial charge in [0.25, 0.3) is 0 Å². The number of halogens is 1. The molecule has 0 radical (unpaired) electrons. The Hall–Kier alpha value is -2.44. The van der Waals surface area contributed by atoms with E-state index >= 15 is 0 Å². The van der Waals surface area contributed by atoms with Crippen molar-refractivity contribution in [1.29, 1.82) is 0 Å². The molecule has 1 saturated heterocycles. The lowest BCUT2D eigenvalue weighted by molar-refractivity contribution is 0.186. The van der Waals surface area contributed by atoms with Gasteiger partial charge in [0, 0.05) is 31.2 Å². The molecule has 1 unspecified atom stereocenters. The van der Waals surface area contributed by atoms with Gasteiger partial charge in [-0.15, -0.1) is 12.4 Å². The zero-order valence-corrected chi connectivity index (χ0v) is 19.6. The third-order valence-electron chi connectivity index (χ3n) is 5.66. The summed E-state index contributed by atoms with van der Waals surface area (Å²) in [7, 11) is 3.25. The van der Waals surface area contributed by atoms with E-state index in [0.29, 0.717) is 0 Å². The maximum Gasteiger partial charge on any atom is 0.315 e. The molecule has 1 aliphatic rings. The molecule has 2 aromatic rings. The highest BCUT2D eigenvalue weighted by atomic mass is 35.5. The van der Waals surface area contributed by atoms with E-state index in [4.69, 9.17) is 9.47 Å². The summed E-state index contributed by atoms with van der Waals surface area (Å²) in [6.07, 6.45) is 1.91. The van der Waals surface area contributed by atoms with Crippen molar-refractivity contribution >= 4 is 18.4 Å². The van der Waals surface area contributed by atoms with Gasteiger partial charge in [-0.25, -0.2) is 4.79 Å². The number of urea groups is 1. The minimum absolute atomic E-state index is 0. The van der Waals surface area contributed by atoms with Crippen LogP contribution in [0.15, 0.2) is 42.5 Å². The molecule has 0 aromatic heterocycles. The summed E-state index contributed by atoms with van der Waals surface area (Å²) in [5.74, 6) is 1.47. The van der Waals surface area contributed by atoms with Gasteiger partial charge in [-0.3, -0.25) is 4.90 Å². The van der Waals surface area contributed by atoms with Crippen molar-refractivity contribution in [2.75, 3.05) is 27.3 Å². The van der Waals surface area contributed by atoms with Gasteiger partial charge in [0.15, 0.2) is 0 Å². The molecule has 1 aliphatic heterocycles. The molecule has 2 N–H and O–H groups in total. The first-order chi connectivity index (χ1) is 14.5. The number of likely N-dealkylation sites (tertiary alicyclic amines) is 1. The largest absolute Gasteiger partial charge is 0.497 e. The van der Waals surface area contributed by atoms with Crippen LogP contribution in [0.25, 0.3) is 0 Å². The molecule has 31 heavy (non-hydrogen) atoms. The molecule has 1 fully saturated rings. The number of hydrogen-bond acceptors (Lipinski definition) is 4. The van der Waals surface area contributed by atoms with Crippen molar-refractivity contribution in [2.24, 2.45) is 0 Å². The monoisotopic (exact) mass is 447 g/mol. The van der Waals surface area contributed by atoms with Crippen LogP contribution in [0.1, 0.15) is 42.5 Å². The third kappa shape index (κ3) is 7.04. The fraction of sp³-hybridized carbons (Fsp3) is 0.458. The average Bonchev–Trinajstić information content (AvgIpc) is 2.74. The van der Waals surface area contributed by atoms with Crippen molar-refractivity contribution in [3.05, 3.63) is 59.2 Å². The minimum atomic E-state index is -0.198. The zero-order chi connectivity index (χ0) is 21.5. The van der Waals surface area contributed by atoms with Gasteiger partial charge in [0.05, 0.1) is 20.3 Å². The van der Waals surface area contributed by atoms with Crippen molar-refractivity contribution in [2.45, 2.75) is 45.3 Å². The van der Waals surface area contributed by atoms with Crippen LogP contribution in [0.4, 0.5) is 4.79 Å². The zero-order valence-electron chi connectivity index (χ0n) is 18.8. The lowest BCUT2D eigenvalue weighted by Crippen LogP contribution is -2.48. The lowest BCUT2D eigenvalue weighted by Gasteiger charge is -2.32. The Balaban J connectivity index is 0.00000341. The van der Waals surface area contributed by atoms with E-state index in [9.17, 15) is 4.79 Å². The van der Waals surface area contributed by atoms with Crippen LogP contribution in [0.2, 0.25) is 0 Å². The number of amides is 2. The number of nitrogens with zero attached hydrogens (tertiary/aromatic N) is 1. The third-order valence-corrected chi connectivity index (χ3v) is 5.66. The highest BCUT2D eigenvalue weighted by molar-refractivity contribution is 5.85. The van der Waals surface area contributed by atoms with Crippen LogP contribution in [-0.2, 0) is 6.54 Å². The van der Waals surface area contributed by atoms with Crippen LogP contribution in [0.5, 0.6) is 11.5 Å². The molecule has 2 aromatic carbocycles. The Morgan fingerprint density at radius 3 is 2.52 bits per heavy atom. The summed E-state index contributed by atoms with van der Waals surface area (Å²) < 4.78 is 10.7. The topological polar surface area (TPSA) is 62.8 Å². The van der Waals surface area contributed by atoms with E-state index in [1.165, 1.54) is 11.1 Å². The molecule has 0 spiro atoms. The number of ether oxygens (including phenoxy) is 2. The molecule has 2 amide bonds. The van der Waals surface area contributed by atoms with Gasteiger partial charge in [-0.1, -0.05) is 29.8 Å². The molecule has 1 atom stereocenters. The summed E-state index contributed by atoms with van der Waals surface area (Å²) in [5, 5.41) is 6.16. The number of aryl methyl sites for hydroxylation is 1. The molecule has 7 heteroatoms. The summed E-state index contributed by atoms with van der Waals surface area (Å²) in [5.41, 5.74) is 3.53. The maximum absolute atomic E-state index is 12.6. The molecular formula is C24H34ClN3O3. The Morgan fingerprint density at radius 1 is 1.13 bits per heavy atom.